The number of benzene rings is 1. The van der Waals surface area contributed by atoms with E-state index in [-0.39, 0.29) is 5.56 Å². The third-order valence-corrected chi connectivity index (χ3v) is 3.46. The van der Waals surface area contributed by atoms with Gasteiger partial charge < -0.3 is 10.0 Å². The van der Waals surface area contributed by atoms with E-state index >= 15 is 0 Å². The molecule has 0 unspecified atom stereocenters. The number of hydrogen-bond acceptors (Lipinski definition) is 3. The lowest BCUT2D eigenvalue weighted by Gasteiger charge is -2.24. The number of rotatable bonds is 5. The molecule has 4 nitrogen and oxygen atoms in total. The number of hydrogen-bond donors (Lipinski definition) is 1. The highest BCUT2D eigenvalue weighted by molar-refractivity contribution is 9.10. The summed E-state index contributed by atoms with van der Waals surface area (Å²) in [6, 6.07) is 9.14. The first kappa shape index (κ1) is 14.5. The zero-order valence-corrected chi connectivity index (χ0v) is 12.7. The standard InChI is InChI=1S/C15H15BrN2O2/c1-2-18(10-11-3-5-17-6-4-11)14-8-12(15(19)20)7-13(16)9-14/h3-9H,2,10H2,1H3,(H,19,20). The van der Waals surface area contributed by atoms with Crippen LogP contribution in [0.2, 0.25) is 0 Å². The number of anilines is 1. The van der Waals surface area contributed by atoms with Crippen LogP contribution in [-0.4, -0.2) is 22.6 Å². The minimum atomic E-state index is -0.924. The molecule has 2 aromatic rings. The Kier molecular flexibility index (Phi) is 4.74. The molecule has 0 atom stereocenters. The second kappa shape index (κ2) is 6.52. The van der Waals surface area contributed by atoms with Crippen molar-refractivity contribution in [2.75, 3.05) is 11.4 Å². The van der Waals surface area contributed by atoms with Gasteiger partial charge in [0.2, 0.25) is 0 Å². The van der Waals surface area contributed by atoms with Crippen LogP contribution >= 0.6 is 15.9 Å². The first-order valence-electron chi connectivity index (χ1n) is 6.28. The molecule has 0 saturated heterocycles. The molecular formula is C15H15BrN2O2. The third-order valence-electron chi connectivity index (χ3n) is 3.00. The van der Waals surface area contributed by atoms with Crippen molar-refractivity contribution in [1.29, 1.82) is 0 Å². The summed E-state index contributed by atoms with van der Waals surface area (Å²) in [5.41, 5.74) is 2.30. The van der Waals surface area contributed by atoms with Crippen molar-refractivity contribution < 1.29 is 9.90 Å². The van der Waals surface area contributed by atoms with E-state index in [1.165, 1.54) is 0 Å². The lowest BCUT2D eigenvalue weighted by Crippen LogP contribution is -2.22. The molecule has 0 bridgehead atoms. The number of nitrogens with zero attached hydrogens (tertiary/aromatic N) is 2. The fraction of sp³-hybridized carbons (Fsp3) is 0.200. The van der Waals surface area contributed by atoms with Gasteiger partial charge in [0.15, 0.2) is 0 Å². The molecule has 0 aliphatic heterocycles. The molecule has 0 aliphatic rings. The molecule has 2 rings (SSSR count). The summed E-state index contributed by atoms with van der Waals surface area (Å²) in [5, 5.41) is 9.13. The Morgan fingerprint density at radius 2 is 2.00 bits per heavy atom. The molecule has 1 N–H and O–H groups in total. The molecular weight excluding hydrogens is 320 g/mol. The van der Waals surface area contributed by atoms with Crippen LogP contribution in [-0.2, 0) is 6.54 Å². The van der Waals surface area contributed by atoms with Gasteiger partial charge >= 0.3 is 5.97 Å². The Bertz CT molecular complexity index is 602. The Labute approximate surface area is 126 Å². The number of carboxylic acid groups (broad SMARTS) is 1. The van der Waals surface area contributed by atoms with Crippen molar-refractivity contribution in [1.82, 2.24) is 4.98 Å². The van der Waals surface area contributed by atoms with Gasteiger partial charge in [0, 0.05) is 35.6 Å². The van der Waals surface area contributed by atoms with Crippen LogP contribution in [0.25, 0.3) is 0 Å². The number of carboxylic acids is 1. The molecule has 0 fully saturated rings. The van der Waals surface area contributed by atoms with Crippen molar-refractivity contribution in [3.8, 4) is 0 Å². The average molecular weight is 335 g/mol. The van der Waals surface area contributed by atoms with Gasteiger partial charge in [-0.15, -0.1) is 0 Å². The smallest absolute Gasteiger partial charge is 0.335 e. The maximum absolute atomic E-state index is 11.1. The molecule has 0 aliphatic carbocycles. The number of pyridine rings is 1. The lowest BCUT2D eigenvalue weighted by molar-refractivity contribution is 0.0697. The summed E-state index contributed by atoms with van der Waals surface area (Å²) in [6.45, 7) is 3.55. The molecule has 0 saturated carbocycles. The largest absolute Gasteiger partial charge is 0.478 e. The Morgan fingerprint density at radius 1 is 1.30 bits per heavy atom. The highest BCUT2D eigenvalue weighted by Gasteiger charge is 2.11. The average Bonchev–Trinajstić information content (AvgIpc) is 2.45. The number of carbonyl (C=O) groups is 1. The highest BCUT2D eigenvalue weighted by atomic mass is 79.9. The van der Waals surface area contributed by atoms with E-state index in [9.17, 15) is 4.79 Å². The van der Waals surface area contributed by atoms with Crippen LogP contribution in [0.5, 0.6) is 0 Å². The predicted octanol–water partition coefficient (Wildman–Crippen LogP) is 3.57. The van der Waals surface area contributed by atoms with Gasteiger partial charge in [0.25, 0.3) is 0 Å². The summed E-state index contributed by atoms with van der Waals surface area (Å²) >= 11 is 3.36. The fourth-order valence-electron chi connectivity index (χ4n) is 1.97. The van der Waals surface area contributed by atoms with Crippen molar-refractivity contribution in [2.45, 2.75) is 13.5 Å². The van der Waals surface area contributed by atoms with Crippen molar-refractivity contribution in [3.05, 3.63) is 58.3 Å². The van der Waals surface area contributed by atoms with Crippen molar-refractivity contribution in [2.24, 2.45) is 0 Å². The SMILES string of the molecule is CCN(Cc1ccncc1)c1cc(Br)cc(C(=O)O)c1. The van der Waals surface area contributed by atoms with Gasteiger partial charge in [-0.05, 0) is 42.8 Å². The van der Waals surface area contributed by atoms with Gasteiger partial charge in [-0.2, -0.15) is 0 Å². The summed E-state index contributed by atoms with van der Waals surface area (Å²) < 4.78 is 0.764. The monoisotopic (exact) mass is 334 g/mol. The van der Waals surface area contributed by atoms with E-state index in [0.717, 1.165) is 22.3 Å². The zero-order chi connectivity index (χ0) is 14.5. The van der Waals surface area contributed by atoms with Crippen LogP contribution in [0.4, 0.5) is 5.69 Å². The molecule has 0 amide bonds. The minimum absolute atomic E-state index is 0.280. The predicted molar refractivity (Wildman–Crippen MR) is 82.1 cm³/mol. The van der Waals surface area contributed by atoms with Crippen LogP contribution in [0.1, 0.15) is 22.8 Å². The van der Waals surface area contributed by atoms with Crippen molar-refractivity contribution in [3.63, 3.8) is 0 Å². The maximum Gasteiger partial charge on any atom is 0.335 e. The fourth-order valence-corrected chi connectivity index (χ4v) is 2.46. The number of halogens is 1. The topological polar surface area (TPSA) is 53.4 Å². The van der Waals surface area contributed by atoms with E-state index in [4.69, 9.17) is 5.11 Å². The first-order chi connectivity index (χ1) is 9.60. The van der Waals surface area contributed by atoms with Gasteiger partial charge in [0.1, 0.15) is 0 Å². The molecule has 20 heavy (non-hydrogen) atoms. The Balaban J connectivity index is 2.29. The molecule has 104 valence electrons. The minimum Gasteiger partial charge on any atom is -0.478 e. The quantitative estimate of drug-likeness (QED) is 0.908. The van der Waals surface area contributed by atoms with Gasteiger partial charge in [-0.25, -0.2) is 4.79 Å². The summed E-state index contributed by atoms with van der Waals surface area (Å²) in [4.78, 5) is 17.2. The summed E-state index contributed by atoms with van der Waals surface area (Å²) in [5.74, 6) is -0.924. The summed E-state index contributed by atoms with van der Waals surface area (Å²) in [6.07, 6.45) is 3.51. The summed E-state index contributed by atoms with van der Waals surface area (Å²) in [7, 11) is 0. The second-order valence-electron chi connectivity index (χ2n) is 4.37. The molecule has 1 aromatic carbocycles. The molecule has 1 aromatic heterocycles. The Morgan fingerprint density at radius 3 is 2.60 bits per heavy atom. The second-order valence-corrected chi connectivity index (χ2v) is 5.29. The van der Waals surface area contributed by atoms with Gasteiger partial charge in [-0.1, -0.05) is 15.9 Å². The van der Waals surface area contributed by atoms with Crippen LogP contribution < -0.4 is 4.90 Å². The third kappa shape index (κ3) is 3.57. The maximum atomic E-state index is 11.1. The van der Waals surface area contributed by atoms with Gasteiger partial charge in [-0.3, -0.25) is 4.98 Å². The van der Waals surface area contributed by atoms with Crippen LogP contribution in [0.15, 0.2) is 47.2 Å². The van der Waals surface area contributed by atoms with E-state index in [1.807, 2.05) is 25.1 Å². The first-order valence-corrected chi connectivity index (χ1v) is 7.07. The lowest BCUT2D eigenvalue weighted by atomic mass is 10.1. The Hall–Kier alpha value is -1.88. The zero-order valence-electron chi connectivity index (χ0n) is 11.1. The van der Waals surface area contributed by atoms with Crippen LogP contribution in [0.3, 0.4) is 0 Å². The van der Waals surface area contributed by atoms with Gasteiger partial charge in [0.05, 0.1) is 5.56 Å². The number of aromatic nitrogens is 1. The van der Waals surface area contributed by atoms with E-state index in [2.05, 4.69) is 25.8 Å². The van der Waals surface area contributed by atoms with E-state index < -0.39 is 5.97 Å². The molecule has 5 heteroatoms. The van der Waals surface area contributed by atoms with Crippen LogP contribution in [0, 0.1) is 0 Å². The van der Waals surface area contributed by atoms with Crippen molar-refractivity contribution >= 4 is 27.6 Å². The van der Waals surface area contributed by atoms with E-state index in [0.29, 0.717) is 6.54 Å². The normalized spacial score (nSPS) is 10.3. The molecule has 1 heterocycles. The number of aromatic carboxylic acids is 1. The van der Waals surface area contributed by atoms with E-state index in [1.54, 1.807) is 24.5 Å². The molecule has 0 spiro atoms. The highest BCUT2D eigenvalue weighted by Crippen LogP contribution is 2.24. The molecule has 0 radical (unpaired) electrons.